The number of phenolic OH excluding ortho intramolecular Hbond substituents is 1. The van der Waals surface area contributed by atoms with Crippen LogP contribution in [0.5, 0.6) is 5.75 Å². The van der Waals surface area contributed by atoms with E-state index in [-0.39, 0.29) is 5.75 Å². The summed E-state index contributed by atoms with van der Waals surface area (Å²) in [6.07, 6.45) is 0. The number of benzene rings is 2. The van der Waals surface area contributed by atoms with Crippen molar-refractivity contribution in [3.8, 4) is 5.75 Å². The molecule has 0 unspecified atom stereocenters. The van der Waals surface area contributed by atoms with Crippen molar-refractivity contribution in [3.05, 3.63) is 60.2 Å². The summed E-state index contributed by atoms with van der Waals surface area (Å²) in [5.41, 5.74) is 9.63. The van der Waals surface area contributed by atoms with Gasteiger partial charge in [0.1, 0.15) is 5.75 Å². The molecule has 18 heavy (non-hydrogen) atoms. The maximum Gasteiger partial charge on any atom is 0.125 e. The Hall–Kier alpha value is -2.42. The quantitative estimate of drug-likeness (QED) is 0.569. The number of nitrogens with two attached hydrogens (primary N) is 1. The first-order valence-electron chi connectivity index (χ1n) is 5.68. The SMILES string of the molecule is C=C(Nc1ccc(C)cc1)c1cc(N)ccc1O. The van der Waals surface area contributed by atoms with E-state index in [0.717, 1.165) is 5.69 Å². The molecule has 3 heteroatoms. The van der Waals surface area contributed by atoms with Crippen molar-refractivity contribution in [2.75, 3.05) is 11.1 Å². The number of anilines is 2. The maximum absolute atomic E-state index is 9.77. The Labute approximate surface area is 107 Å². The van der Waals surface area contributed by atoms with Gasteiger partial charge in [-0.3, -0.25) is 0 Å². The molecule has 2 aromatic rings. The van der Waals surface area contributed by atoms with Crippen LogP contribution in [0.2, 0.25) is 0 Å². The van der Waals surface area contributed by atoms with E-state index in [9.17, 15) is 5.11 Å². The molecule has 0 aromatic heterocycles. The summed E-state index contributed by atoms with van der Waals surface area (Å²) < 4.78 is 0. The number of aryl methyl sites for hydroxylation is 1. The van der Waals surface area contributed by atoms with Gasteiger partial charge in [-0.05, 0) is 37.3 Å². The van der Waals surface area contributed by atoms with Gasteiger partial charge >= 0.3 is 0 Å². The largest absolute Gasteiger partial charge is 0.507 e. The van der Waals surface area contributed by atoms with E-state index < -0.39 is 0 Å². The van der Waals surface area contributed by atoms with Gasteiger partial charge in [-0.1, -0.05) is 24.3 Å². The average molecular weight is 240 g/mol. The number of hydrogen-bond acceptors (Lipinski definition) is 3. The molecule has 0 aliphatic carbocycles. The molecule has 2 rings (SSSR count). The Morgan fingerprint density at radius 2 is 1.83 bits per heavy atom. The van der Waals surface area contributed by atoms with Crippen LogP contribution in [0.15, 0.2) is 49.0 Å². The van der Waals surface area contributed by atoms with Crippen LogP contribution in [0.1, 0.15) is 11.1 Å². The molecule has 0 aliphatic heterocycles. The first-order valence-corrected chi connectivity index (χ1v) is 5.68. The van der Waals surface area contributed by atoms with Gasteiger partial charge in [-0.25, -0.2) is 0 Å². The third-order valence-corrected chi connectivity index (χ3v) is 2.69. The van der Waals surface area contributed by atoms with Crippen LogP contribution in [0.4, 0.5) is 11.4 Å². The van der Waals surface area contributed by atoms with Crippen molar-refractivity contribution in [2.24, 2.45) is 0 Å². The lowest BCUT2D eigenvalue weighted by molar-refractivity contribution is 0.474. The molecule has 3 nitrogen and oxygen atoms in total. The Morgan fingerprint density at radius 3 is 2.50 bits per heavy atom. The highest BCUT2D eigenvalue weighted by molar-refractivity contribution is 5.79. The minimum Gasteiger partial charge on any atom is -0.507 e. The molecule has 0 saturated carbocycles. The minimum atomic E-state index is 0.161. The van der Waals surface area contributed by atoms with Gasteiger partial charge in [0.05, 0.1) is 0 Å². The lowest BCUT2D eigenvalue weighted by atomic mass is 10.1. The second-order valence-electron chi connectivity index (χ2n) is 4.25. The zero-order valence-corrected chi connectivity index (χ0v) is 10.3. The minimum absolute atomic E-state index is 0.161. The molecule has 0 fully saturated rings. The number of aromatic hydroxyl groups is 1. The molecule has 92 valence electrons. The number of nitrogens with one attached hydrogen (secondary N) is 1. The number of hydrogen-bond donors (Lipinski definition) is 3. The van der Waals surface area contributed by atoms with Crippen molar-refractivity contribution in [1.29, 1.82) is 0 Å². The highest BCUT2D eigenvalue weighted by Gasteiger charge is 2.06. The van der Waals surface area contributed by atoms with Crippen molar-refractivity contribution >= 4 is 17.1 Å². The Bertz CT molecular complexity index is 574. The first kappa shape index (κ1) is 12.0. The fourth-order valence-corrected chi connectivity index (χ4v) is 1.67. The van der Waals surface area contributed by atoms with Gasteiger partial charge in [0.2, 0.25) is 0 Å². The molecule has 4 N–H and O–H groups in total. The smallest absolute Gasteiger partial charge is 0.125 e. The predicted molar refractivity (Wildman–Crippen MR) is 76.4 cm³/mol. The summed E-state index contributed by atoms with van der Waals surface area (Å²) in [5, 5.41) is 12.9. The van der Waals surface area contributed by atoms with Gasteiger partial charge in [0.15, 0.2) is 0 Å². The molecule has 0 atom stereocenters. The van der Waals surface area contributed by atoms with Gasteiger partial charge in [0.25, 0.3) is 0 Å². The van der Waals surface area contributed by atoms with E-state index in [4.69, 9.17) is 5.73 Å². The Morgan fingerprint density at radius 1 is 1.17 bits per heavy atom. The molecule has 2 aromatic carbocycles. The molecule has 0 saturated heterocycles. The zero-order valence-electron chi connectivity index (χ0n) is 10.3. The van der Waals surface area contributed by atoms with Crippen molar-refractivity contribution in [1.82, 2.24) is 0 Å². The molecule has 0 aliphatic rings. The van der Waals surface area contributed by atoms with Gasteiger partial charge in [-0.15, -0.1) is 0 Å². The third-order valence-electron chi connectivity index (χ3n) is 2.69. The van der Waals surface area contributed by atoms with Gasteiger partial charge < -0.3 is 16.2 Å². The molecule has 0 heterocycles. The summed E-state index contributed by atoms with van der Waals surface area (Å²) in [7, 11) is 0. The Kier molecular flexibility index (Phi) is 3.24. The summed E-state index contributed by atoms with van der Waals surface area (Å²) in [5.74, 6) is 0.161. The highest BCUT2D eigenvalue weighted by Crippen LogP contribution is 2.27. The summed E-state index contributed by atoms with van der Waals surface area (Å²) >= 11 is 0. The molecular weight excluding hydrogens is 224 g/mol. The second-order valence-corrected chi connectivity index (χ2v) is 4.25. The predicted octanol–water partition coefficient (Wildman–Crippen LogP) is 3.37. The average Bonchev–Trinajstić information content (AvgIpc) is 2.35. The van der Waals surface area contributed by atoms with Crippen molar-refractivity contribution < 1.29 is 5.11 Å². The molecule has 0 bridgehead atoms. The van der Waals surface area contributed by atoms with Crippen LogP contribution in [0, 0.1) is 6.92 Å². The van der Waals surface area contributed by atoms with Crippen LogP contribution in [0.3, 0.4) is 0 Å². The fourth-order valence-electron chi connectivity index (χ4n) is 1.67. The van der Waals surface area contributed by atoms with E-state index in [1.54, 1.807) is 18.2 Å². The lowest BCUT2D eigenvalue weighted by Gasteiger charge is -2.12. The van der Waals surface area contributed by atoms with E-state index >= 15 is 0 Å². The Balaban J connectivity index is 2.21. The highest BCUT2D eigenvalue weighted by atomic mass is 16.3. The van der Waals surface area contributed by atoms with Crippen molar-refractivity contribution in [2.45, 2.75) is 6.92 Å². The fraction of sp³-hybridized carbons (Fsp3) is 0.0667. The number of nitrogen functional groups attached to an aromatic ring is 1. The van der Waals surface area contributed by atoms with Gasteiger partial charge in [0, 0.05) is 22.6 Å². The van der Waals surface area contributed by atoms with Crippen LogP contribution >= 0.6 is 0 Å². The topological polar surface area (TPSA) is 58.3 Å². The normalized spacial score (nSPS) is 10.1. The second kappa shape index (κ2) is 4.84. The van der Waals surface area contributed by atoms with E-state index in [0.29, 0.717) is 16.9 Å². The van der Waals surface area contributed by atoms with Crippen LogP contribution < -0.4 is 11.1 Å². The summed E-state index contributed by atoms with van der Waals surface area (Å²) in [4.78, 5) is 0. The first-order chi connectivity index (χ1) is 8.56. The zero-order chi connectivity index (χ0) is 13.1. The van der Waals surface area contributed by atoms with E-state index in [2.05, 4.69) is 11.9 Å². The lowest BCUT2D eigenvalue weighted by Crippen LogP contribution is -1.98. The summed E-state index contributed by atoms with van der Waals surface area (Å²) in [6, 6.07) is 12.8. The van der Waals surface area contributed by atoms with Crippen LogP contribution in [-0.4, -0.2) is 5.11 Å². The van der Waals surface area contributed by atoms with E-state index in [1.807, 2.05) is 31.2 Å². The van der Waals surface area contributed by atoms with Crippen LogP contribution in [-0.2, 0) is 0 Å². The molecular formula is C15H16N2O. The molecule has 0 amide bonds. The van der Waals surface area contributed by atoms with Crippen LogP contribution in [0.25, 0.3) is 5.70 Å². The number of rotatable bonds is 3. The maximum atomic E-state index is 9.77. The molecule has 0 spiro atoms. The third kappa shape index (κ3) is 2.63. The number of phenols is 1. The summed E-state index contributed by atoms with van der Waals surface area (Å²) in [6.45, 7) is 5.95. The standard InChI is InChI=1S/C15H16N2O/c1-10-3-6-13(7-4-10)17-11(2)14-9-12(16)5-8-15(14)18/h3-9,17-18H,2,16H2,1H3. The van der Waals surface area contributed by atoms with E-state index in [1.165, 1.54) is 5.56 Å². The monoisotopic (exact) mass is 240 g/mol. The molecule has 0 radical (unpaired) electrons. The van der Waals surface area contributed by atoms with Gasteiger partial charge in [-0.2, -0.15) is 0 Å². The van der Waals surface area contributed by atoms with Crippen molar-refractivity contribution in [3.63, 3.8) is 0 Å².